The van der Waals surface area contributed by atoms with Crippen LogP contribution in [0.15, 0.2) is 54.6 Å². The number of Topliss-reactive ketones (excluding diaryl/α,β-unsaturated/α-hetero) is 1. The number of benzene rings is 2. The van der Waals surface area contributed by atoms with Crippen molar-refractivity contribution in [1.29, 1.82) is 0 Å². The van der Waals surface area contributed by atoms with Gasteiger partial charge in [0.2, 0.25) is 0 Å². The summed E-state index contributed by atoms with van der Waals surface area (Å²) in [6.07, 6.45) is 0. The molecule has 0 bridgehead atoms. The Labute approximate surface area is 118 Å². The molecule has 0 radical (unpaired) electrons. The van der Waals surface area contributed by atoms with Gasteiger partial charge in [-0.1, -0.05) is 37.3 Å². The molecule has 0 spiro atoms. The SMILES string of the molecule is CC(CN(C)c1ccccc1)C(=O)c1ccccc1F. The highest BCUT2D eigenvalue weighted by Gasteiger charge is 2.19. The Balaban J connectivity index is 2.07. The van der Waals surface area contributed by atoms with Gasteiger partial charge in [0, 0.05) is 25.2 Å². The Morgan fingerprint density at radius 3 is 2.35 bits per heavy atom. The van der Waals surface area contributed by atoms with Gasteiger partial charge in [0.05, 0.1) is 5.56 Å². The van der Waals surface area contributed by atoms with E-state index in [0.29, 0.717) is 6.54 Å². The third-order valence-electron chi connectivity index (χ3n) is 3.33. The second-order valence-corrected chi connectivity index (χ2v) is 4.96. The minimum atomic E-state index is -0.452. The lowest BCUT2D eigenvalue weighted by Crippen LogP contribution is -2.29. The van der Waals surface area contributed by atoms with Crippen LogP contribution in [-0.4, -0.2) is 19.4 Å². The zero-order chi connectivity index (χ0) is 14.5. The van der Waals surface area contributed by atoms with Crippen LogP contribution in [0.3, 0.4) is 0 Å². The molecule has 1 unspecified atom stereocenters. The van der Waals surface area contributed by atoms with Crippen molar-refractivity contribution >= 4 is 11.5 Å². The van der Waals surface area contributed by atoms with Gasteiger partial charge in [-0.15, -0.1) is 0 Å². The van der Waals surface area contributed by atoms with Gasteiger partial charge in [0.1, 0.15) is 5.82 Å². The Morgan fingerprint density at radius 2 is 1.70 bits per heavy atom. The fraction of sp³-hybridized carbons (Fsp3) is 0.235. The summed E-state index contributed by atoms with van der Waals surface area (Å²) in [5, 5.41) is 0. The number of anilines is 1. The predicted octanol–water partition coefficient (Wildman–Crippen LogP) is 3.78. The Kier molecular flexibility index (Phi) is 4.51. The van der Waals surface area contributed by atoms with E-state index in [4.69, 9.17) is 0 Å². The van der Waals surface area contributed by atoms with Gasteiger partial charge in [0.25, 0.3) is 0 Å². The van der Waals surface area contributed by atoms with E-state index in [1.54, 1.807) is 12.1 Å². The van der Waals surface area contributed by atoms with Crippen LogP contribution in [0, 0.1) is 11.7 Å². The van der Waals surface area contributed by atoms with Crippen LogP contribution in [-0.2, 0) is 0 Å². The molecule has 0 saturated heterocycles. The molecule has 104 valence electrons. The molecule has 0 heterocycles. The maximum absolute atomic E-state index is 13.6. The van der Waals surface area contributed by atoms with Crippen molar-refractivity contribution in [2.45, 2.75) is 6.92 Å². The normalized spacial score (nSPS) is 11.9. The molecule has 0 N–H and O–H groups in total. The highest BCUT2D eigenvalue weighted by Crippen LogP contribution is 2.17. The third kappa shape index (κ3) is 3.23. The maximum atomic E-state index is 13.6. The van der Waals surface area contributed by atoms with Crippen LogP contribution in [0.4, 0.5) is 10.1 Å². The van der Waals surface area contributed by atoms with Crippen LogP contribution in [0.25, 0.3) is 0 Å². The van der Waals surface area contributed by atoms with Crippen LogP contribution in [0.1, 0.15) is 17.3 Å². The Bertz CT molecular complexity index is 583. The van der Waals surface area contributed by atoms with E-state index in [0.717, 1.165) is 5.69 Å². The maximum Gasteiger partial charge on any atom is 0.170 e. The highest BCUT2D eigenvalue weighted by molar-refractivity contribution is 5.98. The summed E-state index contributed by atoms with van der Waals surface area (Å²) in [4.78, 5) is 14.3. The van der Waals surface area contributed by atoms with Crippen molar-refractivity contribution in [3.8, 4) is 0 Å². The van der Waals surface area contributed by atoms with E-state index in [-0.39, 0.29) is 17.3 Å². The summed E-state index contributed by atoms with van der Waals surface area (Å²) in [7, 11) is 1.93. The third-order valence-corrected chi connectivity index (χ3v) is 3.33. The number of ketones is 1. The van der Waals surface area contributed by atoms with Gasteiger partial charge in [-0.3, -0.25) is 4.79 Å². The van der Waals surface area contributed by atoms with E-state index in [1.165, 1.54) is 12.1 Å². The zero-order valence-electron chi connectivity index (χ0n) is 11.7. The summed E-state index contributed by atoms with van der Waals surface area (Å²) in [6.45, 7) is 2.38. The molecule has 2 rings (SSSR count). The molecule has 2 aromatic carbocycles. The first-order valence-electron chi connectivity index (χ1n) is 6.64. The summed E-state index contributed by atoms with van der Waals surface area (Å²) in [5.74, 6) is -0.880. The highest BCUT2D eigenvalue weighted by atomic mass is 19.1. The molecule has 0 aliphatic carbocycles. The zero-order valence-corrected chi connectivity index (χ0v) is 11.7. The lowest BCUT2D eigenvalue weighted by molar-refractivity contribution is 0.0929. The molecular formula is C17H18FNO. The summed E-state index contributed by atoms with van der Waals surface area (Å²) >= 11 is 0. The fourth-order valence-corrected chi connectivity index (χ4v) is 2.21. The minimum Gasteiger partial charge on any atom is -0.374 e. The monoisotopic (exact) mass is 271 g/mol. The fourth-order valence-electron chi connectivity index (χ4n) is 2.21. The van der Waals surface area contributed by atoms with Gasteiger partial charge in [-0.25, -0.2) is 4.39 Å². The first-order chi connectivity index (χ1) is 9.59. The number of nitrogens with zero attached hydrogens (tertiary/aromatic N) is 1. The molecule has 0 aromatic heterocycles. The quantitative estimate of drug-likeness (QED) is 0.771. The number of rotatable bonds is 5. The first kappa shape index (κ1) is 14.3. The van der Waals surface area contributed by atoms with Gasteiger partial charge in [-0.05, 0) is 24.3 Å². The van der Waals surface area contributed by atoms with Crippen molar-refractivity contribution in [1.82, 2.24) is 0 Å². The average molecular weight is 271 g/mol. The topological polar surface area (TPSA) is 20.3 Å². The van der Waals surface area contributed by atoms with Gasteiger partial charge in [-0.2, -0.15) is 0 Å². The van der Waals surface area contributed by atoms with Crippen molar-refractivity contribution in [2.24, 2.45) is 5.92 Å². The molecule has 2 aromatic rings. The Hall–Kier alpha value is -2.16. The second kappa shape index (κ2) is 6.33. The Morgan fingerprint density at radius 1 is 1.10 bits per heavy atom. The lowest BCUT2D eigenvalue weighted by Gasteiger charge is -2.23. The molecule has 20 heavy (non-hydrogen) atoms. The van der Waals surface area contributed by atoms with E-state index in [1.807, 2.05) is 49.2 Å². The number of para-hydroxylation sites is 1. The van der Waals surface area contributed by atoms with Crippen molar-refractivity contribution in [3.63, 3.8) is 0 Å². The largest absolute Gasteiger partial charge is 0.374 e. The molecule has 3 heteroatoms. The first-order valence-corrected chi connectivity index (χ1v) is 6.64. The van der Waals surface area contributed by atoms with E-state index >= 15 is 0 Å². The standard InChI is InChI=1S/C17H18FNO/c1-13(12-19(2)14-8-4-3-5-9-14)17(20)15-10-6-7-11-16(15)18/h3-11,13H,12H2,1-2H3. The molecule has 2 nitrogen and oxygen atoms in total. The second-order valence-electron chi connectivity index (χ2n) is 4.96. The van der Waals surface area contributed by atoms with Gasteiger partial charge < -0.3 is 4.90 Å². The van der Waals surface area contributed by atoms with Crippen molar-refractivity contribution in [3.05, 3.63) is 66.0 Å². The molecule has 0 fully saturated rings. The van der Waals surface area contributed by atoms with Crippen LogP contribution >= 0.6 is 0 Å². The number of hydrogen-bond acceptors (Lipinski definition) is 2. The number of hydrogen-bond donors (Lipinski definition) is 0. The summed E-state index contributed by atoms with van der Waals surface area (Å²) in [6, 6.07) is 16.0. The predicted molar refractivity (Wildman–Crippen MR) is 79.6 cm³/mol. The van der Waals surface area contributed by atoms with Crippen molar-refractivity contribution < 1.29 is 9.18 Å². The van der Waals surface area contributed by atoms with Crippen molar-refractivity contribution in [2.75, 3.05) is 18.5 Å². The van der Waals surface area contributed by atoms with Gasteiger partial charge >= 0.3 is 0 Å². The number of carbonyl (C=O) groups is 1. The summed E-state index contributed by atoms with van der Waals surface area (Å²) < 4.78 is 13.6. The molecule has 0 amide bonds. The van der Waals surface area contributed by atoms with Crippen LogP contribution in [0.2, 0.25) is 0 Å². The van der Waals surface area contributed by atoms with Crippen LogP contribution in [0.5, 0.6) is 0 Å². The lowest BCUT2D eigenvalue weighted by atomic mass is 9.98. The molecule has 0 saturated carbocycles. The van der Waals surface area contributed by atoms with E-state index in [2.05, 4.69) is 0 Å². The number of carbonyl (C=O) groups excluding carboxylic acids is 1. The molecule has 1 atom stereocenters. The molecular weight excluding hydrogens is 253 g/mol. The van der Waals surface area contributed by atoms with E-state index < -0.39 is 5.82 Å². The molecule has 0 aliphatic heterocycles. The summed E-state index contributed by atoms with van der Waals surface area (Å²) in [5.41, 5.74) is 1.21. The van der Waals surface area contributed by atoms with Gasteiger partial charge in [0.15, 0.2) is 5.78 Å². The average Bonchev–Trinajstić information content (AvgIpc) is 2.48. The minimum absolute atomic E-state index is 0.161. The smallest absolute Gasteiger partial charge is 0.170 e. The number of halogens is 1. The van der Waals surface area contributed by atoms with Crippen LogP contribution < -0.4 is 4.90 Å². The van der Waals surface area contributed by atoms with E-state index in [9.17, 15) is 9.18 Å². The molecule has 0 aliphatic rings.